The van der Waals surface area contributed by atoms with Crippen LogP contribution in [0.1, 0.15) is 30.0 Å². The Bertz CT molecular complexity index is 734. The van der Waals surface area contributed by atoms with E-state index in [-0.39, 0.29) is 11.6 Å². The number of carbonyl (C=O) groups excluding carboxylic acids is 1. The summed E-state index contributed by atoms with van der Waals surface area (Å²) >= 11 is 0. The number of H-pyrrole nitrogens is 1. The van der Waals surface area contributed by atoms with Crippen molar-refractivity contribution >= 4 is 16.9 Å². The van der Waals surface area contributed by atoms with Crippen LogP contribution in [0, 0.1) is 13.8 Å². The maximum absolute atomic E-state index is 12.2. The summed E-state index contributed by atoms with van der Waals surface area (Å²) in [6.45, 7) is 7.13. The van der Waals surface area contributed by atoms with Gasteiger partial charge in [0, 0.05) is 18.7 Å². The molecular formula is C17H23N3O2. The molecule has 0 radical (unpaired) electrons. The van der Waals surface area contributed by atoms with Crippen LogP contribution in [-0.4, -0.2) is 24.1 Å². The Balaban J connectivity index is 2.09. The van der Waals surface area contributed by atoms with Crippen molar-refractivity contribution in [3.05, 3.63) is 45.2 Å². The van der Waals surface area contributed by atoms with Gasteiger partial charge in [-0.2, -0.15) is 0 Å². The van der Waals surface area contributed by atoms with E-state index in [9.17, 15) is 9.59 Å². The maximum atomic E-state index is 12.2. The van der Waals surface area contributed by atoms with Gasteiger partial charge in [-0.15, -0.1) is 0 Å². The number of aryl methyl sites for hydroxylation is 2. The lowest BCUT2D eigenvalue weighted by Gasteiger charge is -2.09. The number of carbonyl (C=O) groups is 1. The third-order valence-corrected chi connectivity index (χ3v) is 3.84. The molecule has 3 N–H and O–H groups in total. The third kappa shape index (κ3) is 3.67. The first-order chi connectivity index (χ1) is 10.5. The topological polar surface area (TPSA) is 74.0 Å². The molecule has 1 aromatic heterocycles. The molecule has 22 heavy (non-hydrogen) atoms. The van der Waals surface area contributed by atoms with Crippen LogP contribution in [0.5, 0.6) is 0 Å². The van der Waals surface area contributed by atoms with Crippen LogP contribution in [-0.2, 0) is 6.42 Å². The van der Waals surface area contributed by atoms with Crippen LogP contribution >= 0.6 is 0 Å². The number of rotatable bonds is 5. The number of hydrogen-bond donors (Lipinski definition) is 3. The van der Waals surface area contributed by atoms with Crippen LogP contribution < -0.4 is 16.2 Å². The average Bonchev–Trinajstić information content (AvgIpc) is 2.50. The van der Waals surface area contributed by atoms with Gasteiger partial charge in [0.1, 0.15) is 0 Å². The van der Waals surface area contributed by atoms with Gasteiger partial charge in [0.25, 0.3) is 5.56 Å². The Hall–Kier alpha value is -2.30. The van der Waals surface area contributed by atoms with E-state index < -0.39 is 0 Å². The van der Waals surface area contributed by atoms with Gasteiger partial charge in [0.05, 0.1) is 5.52 Å². The Labute approximate surface area is 130 Å². The molecule has 2 rings (SSSR count). The smallest absolute Gasteiger partial charge is 0.314 e. The average molecular weight is 301 g/mol. The normalized spacial score (nSPS) is 10.7. The number of fused-ring (bicyclic) bond motifs is 1. The van der Waals surface area contributed by atoms with Crippen LogP contribution in [0.4, 0.5) is 4.79 Å². The number of nitrogens with one attached hydrogen (secondary N) is 3. The monoisotopic (exact) mass is 301 g/mol. The minimum Gasteiger partial charge on any atom is -0.338 e. The summed E-state index contributed by atoms with van der Waals surface area (Å²) in [5.74, 6) is 0. The van der Waals surface area contributed by atoms with Gasteiger partial charge in [0.2, 0.25) is 0 Å². The van der Waals surface area contributed by atoms with Crippen molar-refractivity contribution in [2.24, 2.45) is 0 Å². The fraction of sp³-hybridized carbons (Fsp3) is 0.412. The number of benzene rings is 1. The van der Waals surface area contributed by atoms with E-state index >= 15 is 0 Å². The van der Waals surface area contributed by atoms with Gasteiger partial charge < -0.3 is 15.6 Å². The number of aromatic nitrogens is 1. The highest BCUT2D eigenvalue weighted by molar-refractivity contribution is 5.83. The van der Waals surface area contributed by atoms with Gasteiger partial charge in [-0.1, -0.05) is 19.1 Å². The lowest BCUT2D eigenvalue weighted by atomic mass is 10.0. The number of hydrogen-bond acceptors (Lipinski definition) is 2. The lowest BCUT2D eigenvalue weighted by Crippen LogP contribution is -2.37. The van der Waals surface area contributed by atoms with E-state index in [0.717, 1.165) is 28.5 Å². The summed E-state index contributed by atoms with van der Waals surface area (Å²) in [7, 11) is 0. The van der Waals surface area contributed by atoms with Gasteiger partial charge in [-0.3, -0.25) is 4.79 Å². The van der Waals surface area contributed by atoms with Crippen molar-refractivity contribution in [1.82, 2.24) is 15.6 Å². The zero-order valence-corrected chi connectivity index (χ0v) is 13.4. The highest BCUT2D eigenvalue weighted by atomic mass is 16.2. The third-order valence-electron chi connectivity index (χ3n) is 3.84. The Morgan fingerprint density at radius 1 is 1.18 bits per heavy atom. The van der Waals surface area contributed by atoms with E-state index in [1.165, 1.54) is 0 Å². The molecule has 1 heterocycles. The van der Waals surface area contributed by atoms with Crippen molar-refractivity contribution < 1.29 is 4.79 Å². The fourth-order valence-electron chi connectivity index (χ4n) is 2.37. The van der Waals surface area contributed by atoms with Gasteiger partial charge >= 0.3 is 6.03 Å². The molecule has 0 aliphatic carbocycles. The summed E-state index contributed by atoms with van der Waals surface area (Å²) in [6.07, 6.45) is 1.41. The number of aromatic amines is 1. The number of amides is 2. The van der Waals surface area contributed by atoms with Crippen LogP contribution in [0.15, 0.2) is 23.0 Å². The Morgan fingerprint density at radius 3 is 2.64 bits per heavy atom. The molecule has 5 nitrogen and oxygen atoms in total. The minimum absolute atomic E-state index is 0.0861. The van der Waals surface area contributed by atoms with E-state index in [2.05, 4.69) is 21.7 Å². The Kier molecular flexibility index (Phi) is 5.20. The minimum atomic E-state index is -0.189. The van der Waals surface area contributed by atoms with Crippen LogP contribution in [0.2, 0.25) is 0 Å². The number of urea groups is 1. The summed E-state index contributed by atoms with van der Waals surface area (Å²) in [5, 5.41) is 6.52. The molecule has 118 valence electrons. The first kappa shape index (κ1) is 16.1. The zero-order chi connectivity index (χ0) is 16.1. The van der Waals surface area contributed by atoms with Gasteiger partial charge in [-0.25, -0.2) is 4.79 Å². The first-order valence-corrected chi connectivity index (χ1v) is 7.66. The van der Waals surface area contributed by atoms with Crippen molar-refractivity contribution in [3.8, 4) is 0 Å². The molecule has 0 aliphatic rings. The maximum Gasteiger partial charge on any atom is 0.314 e. The number of pyridine rings is 1. The van der Waals surface area contributed by atoms with Crippen molar-refractivity contribution in [2.45, 2.75) is 33.6 Å². The predicted molar refractivity (Wildman–Crippen MR) is 89.4 cm³/mol. The molecule has 0 bridgehead atoms. The second kappa shape index (κ2) is 7.11. The molecule has 0 unspecified atom stereocenters. The van der Waals surface area contributed by atoms with Crippen molar-refractivity contribution in [2.75, 3.05) is 13.1 Å². The quantitative estimate of drug-likeness (QED) is 0.793. The summed E-state index contributed by atoms with van der Waals surface area (Å²) in [4.78, 5) is 26.6. The van der Waals surface area contributed by atoms with Crippen molar-refractivity contribution in [1.29, 1.82) is 0 Å². The predicted octanol–water partition coefficient (Wildman–Crippen LogP) is 2.40. The molecule has 0 aliphatic heterocycles. The van der Waals surface area contributed by atoms with Gasteiger partial charge in [-0.05, 0) is 49.3 Å². The molecule has 0 saturated carbocycles. The molecule has 0 spiro atoms. The summed E-state index contributed by atoms with van der Waals surface area (Å²) < 4.78 is 0. The van der Waals surface area contributed by atoms with Gasteiger partial charge in [0.15, 0.2) is 0 Å². The first-order valence-electron chi connectivity index (χ1n) is 7.66. The molecular weight excluding hydrogens is 278 g/mol. The highest BCUT2D eigenvalue weighted by Crippen LogP contribution is 2.18. The highest BCUT2D eigenvalue weighted by Gasteiger charge is 2.07. The van der Waals surface area contributed by atoms with E-state index in [1.807, 2.05) is 32.9 Å². The second-order valence-corrected chi connectivity index (χ2v) is 5.53. The van der Waals surface area contributed by atoms with E-state index in [4.69, 9.17) is 0 Å². The van der Waals surface area contributed by atoms with E-state index in [0.29, 0.717) is 25.1 Å². The molecule has 2 amide bonds. The van der Waals surface area contributed by atoms with Crippen LogP contribution in [0.3, 0.4) is 0 Å². The SMILES string of the molecule is CCCNC(=O)NCCc1cc2ccc(C)c(C)c2[nH]c1=O. The van der Waals surface area contributed by atoms with Crippen molar-refractivity contribution in [3.63, 3.8) is 0 Å². The summed E-state index contributed by atoms with van der Waals surface area (Å²) in [6, 6.07) is 5.78. The molecule has 2 aromatic rings. The van der Waals surface area contributed by atoms with E-state index in [1.54, 1.807) is 0 Å². The lowest BCUT2D eigenvalue weighted by molar-refractivity contribution is 0.241. The molecule has 5 heteroatoms. The zero-order valence-electron chi connectivity index (χ0n) is 13.4. The molecule has 0 fully saturated rings. The molecule has 1 aromatic carbocycles. The second-order valence-electron chi connectivity index (χ2n) is 5.53. The summed E-state index contributed by atoms with van der Waals surface area (Å²) in [5.41, 5.74) is 3.74. The Morgan fingerprint density at radius 2 is 1.91 bits per heavy atom. The molecule has 0 saturated heterocycles. The largest absolute Gasteiger partial charge is 0.338 e. The van der Waals surface area contributed by atoms with Crippen LogP contribution in [0.25, 0.3) is 10.9 Å². The molecule has 0 atom stereocenters. The fourth-order valence-corrected chi connectivity index (χ4v) is 2.37. The standard InChI is InChI=1S/C17H23N3O2/c1-4-8-18-17(22)19-9-7-14-10-13-6-5-11(2)12(3)15(13)20-16(14)21/h5-6,10H,4,7-9H2,1-3H3,(H,20,21)(H2,18,19,22).